The summed E-state index contributed by atoms with van der Waals surface area (Å²) in [4.78, 5) is 15.9. The fourth-order valence-electron chi connectivity index (χ4n) is 4.00. The largest absolute Gasteiger partial charge is 0.445 e. The van der Waals surface area contributed by atoms with E-state index in [2.05, 4.69) is 23.8 Å². The molecular formula is C26H27Cl2N3O5. The third kappa shape index (κ3) is 6.08. The van der Waals surface area contributed by atoms with Crippen molar-refractivity contribution in [3.63, 3.8) is 0 Å². The normalized spacial score (nSPS) is 21.7. The van der Waals surface area contributed by atoms with Crippen LogP contribution in [0.15, 0.2) is 67.5 Å². The lowest BCUT2D eigenvalue weighted by Crippen LogP contribution is -2.39. The Morgan fingerprint density at radius 2 is 1.86 bits per heavy atom. The molecular weight excluding hydrogens is 505 g/mol. The molecule has 1 aliphatic rings. The number of imidazole rings is 1. The zero-order valence-electron chi connectivity index (χ0n) is 19.6. The first-order valence-corrected chi connectivity index (χ1v) is 12.2. The number of anilines is 1. The first kappa shape index (κ1) is 26.2. The highest BCUT2D eigenvalue weighted by molar-refractivity contribution is 6.40. The van der Waals surface area contributed by atoms with E-state index < -0.39 is 12.4 Å². The Morgan fingerprint density at radius 3 is 2.47 bits per heavy atom. The molecule has 0 radical (unpaired) electrons. The van der Waals surface area contributed by atoms with Crippen molar-refractivity contribution >= 4 is 35.0 Å². The number of ether oxygens (including phenoxy) is 3. The molecule has 36 heavy (non-hydrogen) atoms. The molecule has 0 saturated carbocycles. The van der Waals surface area contributed by atoms with Crippen molar-refractivity contribution in [2.75, 3.05) is 11.9 Å². The van der Waals surface area contributed by atoms with E-state index in [4.69, 9.17) is 37.4 Å². The minimum absolute atomic E-state index is 0.0306. The third-order valence-electron chi connectivity index (χ3n) is 5.99. The summed E-state index contributed by atoms with van der Waals surface area (Å²) >= 11 is 12.4. The van der Waals surface area contributed by atoms with Gasteiger partial charge in [0, 0.05) is 17.2 Å². The second-order valence-electron chi connectivity index (χ2n) is 8.43. The molecule has 2 N–H and O–H groups in total. The lowest BCUT2D eigenvalue weighted by Gasteiger charge is -2.41. The molecule has 0 spiro atoms. The van der Waals surface area contributed by atoms with Gasteiger partial charge in [-0.2, -0.15) is 0 Å². The molecule has 2 heterocycles. The Balaban J connectivity index is 1.57. The molecule has 4 unspecified atom stereocenters. The molecule has 3 aromatic rings. The summed E-state index contributed by atoms with van der Waals surface area (Å²) in [7, 11) is 0. The zero-order valence-corrected chi connectivity index (χ0v) is 21.2. The van der Waals surface area contributed by atoms with Crippen LogP contribution in [0.5, 0.6) is 0 Å². The number of benzene rings is 2. The average molecular weight is 532 g/mol. The van der Waals surface area contributed by atoms with Crippen LogP contribution < -0.4 is 5.32 Å². The number of amides is 1. The second kappa shape index (κ2) is 11.9. The van der Waals surface area contributed by atoms with Crippen LogP contribution in [0.1, 0.15) is 36.0 Å². The van der Waals surface area contributed by atoms with E-state index in [1.807, 2.05) is 36.4 Å². The molecule has 1 saturated heterocycles. The predicted molar refractivity (Wildman–Crippen MR) is 137 cm³/mol. The van der Waals surface area contributed by atoms with E-state index in [9.17, 15) is 9.90 Å². The molecule has 1 aliphatic heterocycles. The minimum Gasteiger partial charge on any atom is -0.445 e. The molecule has 0 aliphatic carbocycles. The fraction of sp³-hybridized carbons (Fsp3) is 0.308. The number of aliphatic hydroxyl groups is 1. The van der Waals surface area contributed by atoms with E-state index in [1.54, 1.807) is 23.0 Å². The average Bonchev–Trinajstić information content (AvgIpc) is 3.21. The van der Waals surface area contributed by atoms with Crippen molar-refractivity contribution < 1.29 is 24.1 Å². The van der Waals surface area contributed by atoms with Crippen LogP contribution in [-0.4, -0.2) is 33.5 Å². The molecule has 10 heteroatoms. The standard InChI is InChI=1S/C26H27Cl2N3O5/c1-3-12-34-26(33)30-20-10-8-19(9-11-20)25-35-21(13-31-15-29-23(27)24(31)28)16(2)22(36-25)18-6-4-17(14-32)5-7-18/h3-11,15-16,21-22,25,32H,1,12-14H2,2H3,(H,30,33). The number of hydrogen-bond donors (Lipinski definition) is 2. The van der Waals surface area contributed by atoms with Crippen molar-refractivity contribution in [2.45, 2.75) is 38.6 Å². The summed E-state index contributed by atoms with van der Waals surface area (Å²) in [6.45, 7) is 6.10. The smallest absolute Gasteiger partial charge is 0.411 e. The second-order valence-corrected chi connectivity index (χ2v) is 9.15. The van der Waals surface area contributed by atoms with Gasteiger partial charge in [-0.1, -0.05) is 79.2 Å². The summed E-state index contributed by atoms with van der Waals surface area (Å²) in [5, 5.41) is 12.7. The van der Waals surface area contributed by atoms with Gasteiger partial charge < -0.3 is 23.9 Å². The van der Waals surface area contributed by atoms with Gasteiger partial charge in [0.15, 0.2) is 11.4 Å². The number of aliphatic hydroxyl groups excluding tert-OH is 1. The molecule has 190 valence electrons. The van der Waals surface area contributed by atoms with Gasteiger partial charge in [-0.25, -0.2) is 9.78 Å². The van der Waals surface area contributed by atoms with Crippen molar-refractivity contribution in [1.82, 2.24) is 9.55 Å². The molecule has 4 rings (SSSR count). The van der Waals surface area contributed by atoms with Gasteiger partial charge >= 0.3 is 6.09 Å². The van der Waals surface area contributed by atoms with Crippen molar-refractivity contribution in [3.8, 4) is 0 Å². The number of rotatable bonds is 8. The third-order valence-corrected chi connectivity index (χ3v) is 6.76. The van der Waals surface area contributed by atoms with Crippen LogP contribution in [-0.2, 0) is 27.4 Å². The quantitative estimate of drug-likeness (QED) is 0.351. The van der Waals surface area contributed by atoms with Crippen LogP contribution in [0.4, 0.5) is 10.5 Å². The van der Waals surface area contributed by atoms with Crippen molar-refractivity contribution in [1.29, 1.82) is 0 Å². The van der Waals surface area contributed by atoms with Crippen LogP contribution in [0.3, 0.4) is 0 Å². The number of carbonyl (C=O) groups excluding carboxylic acids is 1. The van der Waals surface area contributed by atoms with Gasteiger partial charge in [0.25, 0.3) is 0 Å². The predicted octanol–water partition coefficient (Wildman–Crippen LogP) is 5.91. The molecule has 8 nitrogen and oxygen atoms in total. The van der Waals surface area contributed by atoms with Crippen LogP contribution in [0, 0.1) is 5.92 Å². The SMILES string of the molecule is C=CCOC(=O)Nc1ccc(C2OC(Cn3cnc(Cl)c3Cl)C(C)C(c3ccc(CO)cc3)O2)cc1. The Kier molecular flexibility index (Phi) is 8.66. The lowest BCUT2D eigenvalue weighted by atomic mass is 9.90. The highest BCUT2D eigenvalue weighted by atomic mass is 35.5. The summed E-state index contributed by atoms with van der Waals surface area (Å²) in [5.41, 5.74) is 3.14. The Labute approximate surface area is 219 Å². The molecule has 1 fully saturated rings. The summed E-state index contributed by atoms with van der Waals surface area (Å²) < 4.78 is 19.5. The summed E-state index contributed by atoms with van der Waals surface area (Å²) in [6, 6.07) is 14.8. The highest BCUT2D eigenvalue weighted by Gasteiger charge is 2.38. The maximum atomic E-state index is 11.8. The fourth-order valence-corrected chi connectivity index (χ4v) is 4.32. The Bertz CT molecular complexity index is 1180. The zero-order chi connectivity index (χ0) is 25.7. The number of nitrogens with one attached hydrogen (secondary N) is 1. The van der Waals surface area contributed by atoms with Gasteiger partial charge in [0.05, 0.1) is 31.7 Å². The first-order chi connectivity index (χ1) is 17.4. The number of carbonyl (C=O) groups is 1. The maximum Gasteiger partial charge on any atom is 0.411 e. The van der Waals surface area contributed by atoms with Crippen molar-refractivity contribution in [2.24, 2.45) is 5.92 Å². The topological polar surface area (TPSA) is 94.8 Å². The number of halogens is 2. The Hall–Kier alpha value is -2.88. The van der Waals surface area contributed by atoms with Gasteiger partial charge in [0.2, 0.25) is 0 Å². The van der Waals surface area contributed by atoms with E-state index in [-0.39, 0.29) is 36.5 Å². The molecule has 0 bridgehead atoms. The Morgan fingerprint density at radius 1 is 1.17 bits per heavy atom. The van der Waals surface area contributed by atoms with Gasteiger partial charge in [-0.3, -0.25) is 5.32 Å². The molecule has 4 atom stereocenters. The van der Waals surface area contributed by atoms with E-state index in [0.29, 0.717) is 17.4 Å². The monoisotopic (exact) mass is 531 g/mol. The van der Waals surface area contributed by atoms with Gasteiger partial charge in [-0.05, 0) is 23.3 Å². The highest BCUT2D eigenvalue weighted by Crippen LogP contribution is 2.42. The number of aromatic nitrogens is 2. The molecule has 2 aromatic carbocycles. The number of hydrogen-bond acceptors (Lipinski definition) is 6. The van der Waals surface area contributed by atoms with Crippen LogP contribution in [0.25, 0.3) is 0 Å². The van der Waals surface area contributed by atoms with Gasteiger partial charge in [-0.15, -0.1) is 0 Å². The van der Waals surface area contributed by atoms with Crippen LogP contribution >= 0.6 is 23.2 Å². The van der Waals surface area contributed by atoms with Gasteiger partial charge in [0.1, 0.15) is 11.8 Å². The van der Waals surface area contributed by atoms with E-state index in [1.165, 1.54) is 6.08 Å². The summed E-state index contributed by atoms with van der Waals surface area (Å²) in [6.07, 6.45) is 1.28. The number of nitrogens with zero attached hydrogens (tertiary/aromatic N) is 2. The lowest BCUT2D eigenvalue weighted by molar-refractivity contribution is -0.276. The van der Waals surface area contributed by atoms with Crippen molar-refractivity contribution in [3.05, 3.63) is 94.5 Å². The maximum absolute atomic E-state index is 11.8. The van der Waals surface area contributed by atoms with Crippen LogP contribution in [0.2, 0.25) is 10.3 Å². The first-order valence-electron chi connectivity index (χ1n) is 11.4. The van der Waals surface area contributed by atoms with E-state index in [0.717, 1.165) is 16.7 Å². The molecule has 1 aromatic heterocycles. The molecule has 1 amide bonds. The minimum atomic E-state index is -0.673. The van der Waals surface area contributed by atoms with E-state index >= 15 is 0 Å². The summed E-state index contributed by atoms with van der Waals surface area (Å²) in [5.74, 6) is -0.0426.